The van der Waals surface area contributed by atoms with Crippen LogP contribution in [-0.2, 0) is 10.3 Å². The third kappa shape index (κ3) is 6.45. The predicted octanol–water partition coefficient (Wildman–Crippen LogP) is 2.38. The van der Waals surface area contributed by atoms with Crippen LogP contribution in [0.5, 0.6) is 0 Å². The SMILES string of the molecule is CC(CCC1CCCCC1)CNS(=O)(=O)O. The summed E-state index contributed by atoms with van der Waals surface area (Å²) in [6, 6.07) is 0. The average molecular weight is 249 g/mol. The van der Waals surface area contributed by atoms with Gasteiger partial charge in [-0.05, 0) is 18.3 Å². The van der Waals surface area contributed by atoms with Crippen molar-refractivity contribution < 1.29 is 13.0 Å². The second kappa shape index (κ2) is 6.57. The Kier molecular flexibility index (Phi) is 5.72. The summed E-state index contributed by atoms with van der Waals surface area (Å²) in [6.07, 6.45) is 8.96. The van der Waals surface area contributed by atoms with E-state index in [4.69, 9.17) is 4.55 Å². The fraction of sp³-hybridized carbons (Fsp3) is 1.00. The molecule has 96 valence electrons. The topological polar surface area (TPSA) is 66.4 Å². The van der Waals surface area contributed by atoms with Crippen molar-refractivity contribution in [2.75, 3.05) is 6.54 Å². The zero-order chi connectivity index (χ0) is 12.0. The molecular weight excluding hydrogens is 226 g/mol. The summed E-state index contributed by atoms with van der Waals surface area (Å²) in [5.41, 5.74) is 0. The van der Waals surface area contributed by atoms with E-state index in [0.29, 0.717) is 12.5 Å². The lowest BCUT2D eigenvalue weighted by Gasteiger charge is -2.22. The van der Waals surface area contributed by atoms with Gasteiger partial charge in [-0.3, -0.25) is 4.55 Å². The average Bonchev–Trinajstić information content (AvgIpc) is 2.24. The Hall–Kier alpha value is -0.130. The van der Waals surface area contributed by atoms with Crippen molar-refractivity contribution >= 4 is 10.3 Å². The van der Waals surface area contributed by atoms with Crippen LogP contribution < -0.4 is 4.72 Å². The van der Waals surface area contributed by atoms with Gasteiger partial charge in [-0.2, -0.15) is 13.1 Å². The van der Waals surface area contributed by atoms with Crippen LogP contribution in [0.2, 0.25) is 0 Å². The third-order valence-corrected chi connectivity index (χ3v) is 3.94. The van der Waals surface area contributed by atoms with Gasteiger partial charge >= 0.3 is 10.3 Å². The molecule has 0 aliphatic heterocycles. The highest BCUT2D eigenvalue weighted by Gasteiger charge is 2.15. The van der Waals surface area contributed by atoms with E-state index in [1.54, 1.807) is 0 Å². The normalized spacial score (nSPS) is 20.9. The van der Waals surface area contributed by atoms with Crippen molar-refractivity contribution in [3.8, 4) is 0 Å². The lowest BCUT2D eigenvalue weighted by Crippen LogP contribution is -2.27. The number of nitrogens with one attached hydrogen (secondary N) is 1. The molecule has 2 N–H and O–H groups in total. The first-order valence-corrected chi connectivity index (χ1v) is 7.63. The van der Waals surface area contributed by atoms with E-state index in [0.717, 1.165) is 12.3 Å². The first-order valence-electron chi connectivity index (χ1n) is 6.19. The monoisotopic (exact) mass is 249 g/mol. The Bertz CT molecular complexity index is 284. The minimum absolute atomic E-state index is 0.295. The molecule has 0 heterocycles. The summed E-state index contributed by atoms with van der Waals surface area (Å²) in [7, 11) is -4.01. The van der Waals surface area contributed by atoms with Gasteiger partial charge in [-0.25, -0.2) is 0 Å². The molecule has 1 unspecified atom stereocenters. The van der Waals surface area contributed by atoms with Crippen LogP contribution >= 0.6 is 0 Å². The van der Waals surface area contributed by atoms with E-state index in [2.05, 4.69) is 4.72 Å². The lowest BCUT2D eigenvalue weighted by molar-refractivity contribution is 0.312. The molecule has 1 saturated carbocycles. The molecule has 1 atom stereocenters. The van der Waals surface area contributed by atoms with Crippen LogP contribution in [-0.4, -0.2) is 19.5 Å². The van der Waals surface area contributed by atoms with Crippen molar-refractivity contribution in [1.29, 1.82) is 0 Å². The second-order valence-corrected chi connectivity index (χ2v) is 6.25. The van der Waals surface area contributed by atoms with Crippen LogP contribution in [0.1, 0.15) is 51.9 Å². The number of hydrogen-bond donors (Lipinski definition) is 2. The van der Waals surface area contributed by atoms with Gasteiger partial charge in [0.15, 0.2) is 0 Å². The Morgan fingerprint density at radius 3 is 2.50 bits per heavy atom. The highest BCUT2D eigenvalue weighted by molar-refractivity contribution is 7.83. The van der Waals surface area contributed by atoms with Gasteiger partial charge in [-0.1, -0.05) is 45.4 Å². The molecule has 0 bridgehead atoms. The molecule has 1 rings (SSSR count). The van der Waals surface area contributed by atoms with Gasteiger partial charge in [-0.15, -0.1) is 0 Å². The summed E-state index contributed by atoms with van der Waals surface area (Å²) in [6.45, 7) is 2.35. The van der Waals surface area contributed by atoms with E-state index in [1.165, 1.54) is 38.5 Å². The van der Waals surface area contributed by atoms with E-state index >= 15 is 0 Å². The van der Waals surface area contributed by atoms with Crippen LogP contribution in [0.25, 0.3) is 0 Å². The minimum Gasteiger partial charge on any atom is -0.273 e. The molecule has 16 heavy (non-hydrogen) atoms. The lowest BCUT2D eigenvalue weighted by atomic mass is 9.84. The van der Waals surface area contributed by atoms with Crippen LogP contribution in [0.3, 0.4) is 0 Å². The smallest absolute Gasteiger partial charge is 0.273 e. The quantitative estimate of drug-likeness (QED) is 0.710. The van der Waals surface area contributed by atoms with Crippen molar-refractivity contribution in [2.24, 2.45) is 11.8 Å². The van der Waals surface area contributed by atoms with Crippen LogP contribution in [0.4, 0.5) is 0 Å². The second-order valence-electron chi connectivity index (χ2n) is 5.01. The van der Waals surface area contributed by atoms with Gasteiger partial charge < -0.3 is 0 Å². The molecule has 0 spiro atoms. The number of hydrogen-bond acceptors (Lipinski definition) is 2. The highest BCUT2D eigenvalue weighted by Crippen LogP contribution is 2.28. The third-order valence-electron chi connectivity index (χ3n) is 3.41. The van der Waals surface area contributed by atoms with Crippen molar-refractivity contribution in [3.05, 3.63) is 0 Å². The van der Waals surface area contributed by atoms with Crippen LogP contribution in [0, 0.1) is 11.8 Å². The van der Waals surface area contributed by atoms with Gasteiger partial charge in [0.25, 0.3) is 0 Å². The fourth-order valence-electron chi connectivity index (χ4n) is 2.35. The zero-order valence-electron chi connectivity index (χ0n) is 9.98. The van der Waals surface area contributed by atoms with E-state index in [-0.39, 0.29) is 0 Å². The van der Waals surface area contributed by atoms with Crippen molar-refractivity contribution in [3.63, 3.8) is 0 Å². The molecule has 5 heteroatoms. The molecule has 0 saturated heterocycles. The molecular formula is C11H23NO3S. The molecule has 0 aromatic rings. The molecule has 0 amide bonds. The molecule has 0 aromatic carbocycles. The van der Waals surface area contributed by atoms with Gasteiger partial charge in [0.2, 0.25) is 0 Å². The molecule has 0 radical (unpaired) electrons. The molecule has 1 fully saturated rings. The summed E-state index contributed by atoms with van der Waals surface area (Å²) in [4.78, 5) is 0. The van der Waals surface area contributed by atoms with Gasteiger partial charge in [0.05, 0.1) is 0 Å². The molecule has 0 aromatic heterocycles. The van der Waals surface area contributed by atoms with E-state index in [1.807, 2.05) is 6.92 Å². The summed E-state index contributed by atoms with van der Waals surface area (Å²) in [5.74, 6) is 1.13. The van der Waals surface area contributed by atoms with Gasteiger partial charge in [0.1, 0.15) is 0 Å². The summed E-state index contributed by atoms with van der Waals surface area (Å²) in [5, 5.41) is 0. The van der Waals surface area contributed by atoms with Gasteiger partial charge in [0, 0.05) is 6.54 Å². The largest absolute Gasteiger partial charge is 0.333 e. The fourth-order valence-corrected chi connectivity index (χ4v) is 2.84. The Morgan fingerprint density at radius 2 is 1.94 bits per heavy atom. The Morgan fingerprint density at radius 1 is 1.31 bits per heavy atom. The standard InChI is InChI=1S/C11H23NO3S/c1-10(9-12-16(13,14)15)7-8-11-5-3-2-4-6-11/h10-12H,2-9H2,1H3,(H,13,14,15). The first-order chi connectivity index (χ1) is 7.47. The zero-order valence-corrected chi connectivity index (χ0v) is 10.8. The maximum absolute atomic E-state index is 10.5. The maximum atomic E-state index is 10.5. The summed E-state index contributed by atoms with van der Waals surface area (Å²) >= 11 is 0. The molecule has 4 nitrogen and oxygen atoms in total. The van der Waals surface area contributed by atoms with Crippen molar-refractivity contribution in [1.82, 2.24) is 4.72 Å². The number of rotatable bonds is 6. The van der Waals surface area contributed by atoms with E-state index < -0.39 is 10.3 Å². The Labute approximate surface area is 98.7 Å². The van der Waals surface area contributed by atoms with Crippen LogP contribution in [0.15, 0.2) is 0 Å². The molecule has 1 aliphatic carbocycles. The summed E-state index contributed by atoms with van der Waals surface area (Å²) < 4.78 is 31.7. The molecule has 1 aliphatic rings. The minimum atomic E-state index is -4.01. The van der Waals surface area contributed by atoms with E-state index in [9.17, 15) is 8.42 Å². The Balaban J connectivity index is 2.11. The maximum Gasteiger partial charge on any atom is 0.333 e. The first kappa shape index (κ1) is 13.9. The van der Waals surface area contributed by atoms with Crippen molar-refractivity contribution in [2.45, 2.75) is 51.9 Å². The highest BCUT2D eigenvalue weighted by atomic mass is 32.2. The predicted molar refractivity (Wildman–Crippen MR) is 64.5 cm³/mol.